The molecule has 0 unspecified atom stereocenters. The van der Waals surface area contributed by atoms with Gasteiger partial charge < -0.3 is 5.73 Å². The molecule has 0 aromatic heterocycles. The van der Waals surface area contributed by atoms with Crippen LogP contribution in [0.25, 0.3) is 0 Å². The quantitative estimate of drug-likeness (QED) is 0.610. The molecule has 0 bridgehead atoms. The normalized spacial score (nSPS) is 10.7. The van der Waals surface area contributed by atoms with Crippen LogP contribution in [0.4, 0.5) is 5.69 Å². The van der Waals surface area contributed by atoms with Crippen molar-refractivity contribution in [2.24, 2.45) is 0 Å². The van der Waals surface area contributed by atoms with Crippen LogP contribution in [0.5, 0.6) is 0 Å². The van der Waals surface area contributed by atoms with Crippen LogP contribution in [0.1, 0.15) is 30.5 Å². The first-order chi connectivity index (χ1) is 6.88. The third-order valence-electron chi connectivity index (χ3n) is 2.68. The standard InChI is InChI=1S/C13H16BrN/c1-9-7-11(8-10(2)12(9)15)13(3,4)5-6-14/h7-8H,15H2,1-4H3. The van der Waals surface area contributed by atoms with E-state index in [1.54, 1.807) is 0 Å². The zero-order valence-corrected chi connectivity index (χ0v) is 11.2. The Labute approximate surface area is 100 Å². The van der Waals surface area contributed by atoms with Gasteiger partial charge in [0.1, 0.15) is 0 Å². The lowest BCUT2D eigenvalue weighted by molar-refractivity contribution is 0.697. The highest BCUT2D eigenvalue weighted by Crippen LogP contribution is 2.28. The summed E-state index contributed by atoms with van der Waals surface area (Å²) in [5.74, 6) is 3.14. The Balaban J connectivity index is 3.32. The molecule has 2 heteroatoms. The maximum atomic E-state index is 5.92. The minimum absolute atomic E-state index is 0.146. The van der Waals surface area contributed by atoms with Gasteiger partial charge in [-0.15, -0.1) is 0 Å². The summed E-state index contributed by atoms with van der Waals surface area (Å²) in [7, 11) is 0. The van der Waals surface area contributed by atoms with Crippen molar-refractivity contribution in [3.63, 3.8) is 0 Å². The van der Waals surface area contributed by atoms with Crippen molar-refractivity contribution in [2.45, 2.75) is 33.1 Å². The second-order valence-electron chi connectivity index (χ2n) is 4.37. The van der Waals surface area contributed by atoms with Crippen molar-refractivity contribution in [1.29, 1.82) is 0 Å². The van der Waals surface area contributed by atoms with E-state index in [-0.39, 0.29) is 5.41 Å². The largest absolute Gasteiger partial charge is 0.398 e. The van der Waals surface area contributed by atoms with Gasteiger partial charge in [0, 0.05) is 21.6 Å². The summed E-state index contributed by atoms with van der Waals surface area (Å²) in [5, 5.41) is 0. The Morgan fingerprint density at radius 1 is 1.20 bits per heavy atom. The van der Waals surface area contributed by atoms with Gasteiger partial charge in [-0.05, 0) is 49.2 Å². The van der Waals surface area contributed by atoms with Gasteiger partial charge in [0.25, 0.3) is 0 Å². The topological polar surface area (TPSA) is 26.0 Å². The minimum Gasteiger partial charge on any atom is -0.398 e. The smallest absolute Gasteiger partial charge is 0.0515 e. The molecule has 0 amide bonds. The third-order valence-corrected chi connectivity index (χ3v) is 2.87. The molecule has 2 N–H and O–H groups in total. The highest BCUT2D eigenvalue weighted by Gasteiger charge is 2.18. The van der Waals surface area contributed by atoms with E-state index in [9.17, 15) is 0 Å². The molecular formula is C13H16BrN. The Morgan fingerprint density at radius 2 is 1.67 bits per heavy atom. The van der Waals surface area contributed by atoms with E-state index in [2.05, 4.69) is 52.7 Å². The Kier molecular flexibility index (Phi) is 3.46. The average Bonchev–Trinajstić information content (AvgIpc) is 2.13. The molecule has 0 aliphatic rings. The lowest BCUT2D eigenvalue weighted by Gasteiger charge is -2.20. The van der Waals surface area contributed by atoms with Crippen molar-refractivity contribution in [2.75, 3.05) is 5.73 Å². The van der Waals surface area contributed by atoms with E-state index in [0.29, 0.717) is 0 Å². The molecule has 1 nitrogen and oxygen atoms in total. The summed E-state index contributed by atoms with van der Waals surface area (Å²) in [6, 6.07) is 4.22. The Morgan fingerprint density at radius 3 is 2.07 bits per heavy atom. The number of benzene rings is 1. The van der Waals surface area contributed by atoms with Crippen molar-refractivity contribution >= 4 is 21.6 Å². The maximum absolute atomic E-state index is 5.92. The van der Waals surface area contributed by atoms with Gasteiger partial charge >= 0.3 is 0 Å². The van der Waals surface area contributed by atoms with Crippen LogP contribution in [0, 0.1) is 24.6 Å². The molecule has 0 aliphatic carbocycles. The van der Waals surface area contributed by atoms with E-state index < -0.39 is 0 Å². The lowest BCUT2D eigenvalue weighted by atomic mass is 9.83. The number of nitrogens with two attached hydrogens (primary N) is 1. The molecule has 1 aromatic rings. The van der Waals surface area contributed by atoms with Gasteiger partial charge in [0.15, 0.2) is 0 Å². The van der Waals surface area contributed by atoms with Gasteiger partial charge in [0.05, 0.1) is 5.41 Å². The third kappa shape index (κ3) is 2.54. The number of hydrogen-bond donors (Lipinski definition) is 1. The van der Waals surface area contributed by atoms with Crippen LogP contribution >= 0.6 is 15.9 Å². The summed E-state index contributed by atoms with van der Waals surface area (Å²) in [4.78, 5) is 2.79. The highest BCUT2D eigenvalue weighted by atomic mass is 79.9. The van der Waals surface area contributed by atoms with E-state index >= 15 is 0 Å². The summed E-state index contributed by atoms with van der Waals surface area (Å²) >= 11 is 3.15. The SMILES string of the molecule is Cc1cc(C(C)(C)C#CBr)cc(C)c1N. The fourth-order valence-corrected chi connectivity index (χ4v) is 2.02. The molecular weight excluding hydrogens is 250 g/mol. The van der Waals surface area contributed by atoms with Crippen molar-refractivity contribution < 1.29 is 0 Å². The summed E-state index contributed by atoms with van der Waals surface area (Å²) in [5.41, 5.74) is 10.1. The molecule has 0 aliphatic heterocycles. The zero-order valence-electron chi connectivity index (χ0n) is 9.61. The number of aryl methyl sites for hydroxylation is 2. The first-order valence-corrected chi connectivity index (χ1v) is 5.68. The maximum Gasteiger partial charge on any atom is 0.0515 e. The van der Waals surface area contributed by atoms with Gasteiger partial charge in [0.2, 0.25) is 0 Å². The van der Waals surface area contributed by atoms with Gasteiger partial charge in [-0.3, -0.25) is 0 Å². The van der Waals surface area contributed by atoms with Crippen molar-refractivity contribution in [3.05, 3.63) is 28.8 Å². The van der Waals surface area contributed by atoms with Gasteiger partial charge in [-0.1, -0.05) is 18.1 Å². The fourth-order valence-electron chi connectivity index (χ4n) is 1.53. The molecule has 0 fully saturated rings. The monoisotopic (exact) mass is 265 g/mol. The Bertz CT molecular complexity index is 413. The van der Waals surface area contributed by atoms with Crippen LogP contribution in [0.3, 0.4) is 0 Å². The molecule has 0 atom stereocenters. The first kappa shape index (κ1) is 12.1. The number of rotatable bonds is 1. The first-order valence-electron chi connectivity index (χ1n) is 4.88. The van der Waals surface area contributed by atoms with Crippen LogP contribution in [-0.4, -0.2) is 0 Å². The van der Waals surface area contributed by atoms with E-state index in [0.717, 1.165) is 16.8 Å². The molecule has 0 radical (unpaired) electrons. The fraction of sp³-hybridized carbons (Fsp3) is 0.385. The highest BCUT2D eigenvalue weighted by molar-refractivity contribution is 9.12. The van der Waals surface area contributed by atoms with Gasteiger partial charge in [-0.25, -0.2) is 0 Å². The number of anilines is 1. The molecule has 0 heterocycles. The van der Waals surface area contributed by atoms with Gasteiger partial charge in [-0.2, -0.15) is 0 Å². The van der Waals surface area contributed by atoms with E-state index in [4.69, 9.17) is 5.73 Å². The number of halogens is 1. The zero-order chi connectivity index (χ0) is 11.6. The van der Waals surface area contributed by atoms with Crippen LogP contribution in [-0.2, 0) is 5.41 Å². The van der Waals surface area contributed by atoms with Crippen molar-refractivity contribution in [1.82, 2.24) is 0 Å². The van der Waals surface area contributed by atoms with E-state index in [1.807, 2.05) is 13.8 Å². The number of hydrogen-bond acceptors (Lipinski definition) is 1. The average molecular weight is 266 g/mol. The summed E-state index contributed by atoms with van der Waals surface area (Å²) < 4.78 is 0. The summed E-state index contributed by atoms with van der Waals surface area (Å²) in [6.07, 6.45) is 0. The predicted octanol–water partition coefficient (Wildman–Crippen LogP) is 3.52. The molecule has 0 spiro atoms. The molecule has 80 valence electrons. The molecule has 0 saturated carbocycles. The lowest BCUT2D eigenvalue weighted by Crippen LogP contribution is -2.15. The molecule has 15 heavy (non-hydrogen) atoms. The molecule has 0 saturated heterocycles. The second kappa shape index (κ2) is 4.28. The van der Waals surface area contributed by atoms with Crippen LogP contribution in [0.15, 0.2) is 12.1 Å². The van der Waals surface area contributed by atoms with Crippen LogP contribution < -0.4 is 5.73 Å². The summed E-state index contributed by atoms with van der Waals surface area (Å²) in [6.45, 7) is 8.27. The van der Waals surface area contributed by atoms with Crippen LogP contribution in [0.2, 0.25) is 0 Å². The second-order valence-corrected chi connectivity index (χ2v) is 4.76. The minimum atomic E-state index is -0.146. The number of nitrogen functional groups attached to an aromatic ring is 1. The predicted molar refractivity (Wildman–Crippen MR) is 70.1 cm³/mol. The Hall–Kier alpha value is -0.940. The van der Waals surface area contributed by atoms with Crippen molar-refractivity contribution in [3.8, 4) is 10.8 Å². The van der Waals surface area contributed by atoms with E-state index in [1.165, 1.54) is 5.56 Å². The molecule has 1 aromatic carbocycles. The molecule has 1 rings (SSSR count).